The Labute approximate surface area is 157 Å². The number of phenols is 1. The minimum absolute atomic E-state index is 0.0313. The molecule has 0 aliphatic rings. The lowest BCUT2D eigenvalue weighted by Crippen LogP contribution is -2.27. The van der Waals surface area contributed by atoms with E-state index < -0.39 is 0 Å². The molecule has 1 amide bonds. The molecule has 0 atom stereocenters. The third-order valence-corrected chi connectivity index (χ3v) is 5.33. The maximum atomic E-state index is 12.5. The summed E-state index contributed by atoms with van der Waals surface area (Å²) in [5.41, 5.74) is 4.23. The third kappa shape index (κ3) is 3.75. The zero-order valence-corrected chi connectivity index (χ0v) is 15.8. The fraction of sp³-hybridized carbons (Fsp3) is 0.200. The van der Waals surface area contributed by atoms with Crippen molar-refractivity contribution < 1.29 is 9.90 Å². The summed E-state index contributed by atoms with van der Waals surface area (Å²) in [6.07, 6.45) is 3.66. The van der Waals surface area contributed by atoms with Gasteiger partial charge in [0.05, 0.1) is 11.4 Å². The first-order chi connectivity index (χ1) is 12.5. The van der Waals surface area contributed by atoms with E-state index in [2.05, 4.69) is 31.0 Å². The Bertz CT molecular complexity index is 919. The van der Waals surface area contributed by atoms with E-state index in [1.165, 1.54) is 22.9 Å². The molecule has 1 heterocycles. The Balaban J connectivity index is 1.73. The summed E-state index contributed by atoms with van der Waals surface area (Å²) in [6, 6.07) is 12.7. The summed E-state index contributed by atoms with van der Waals surface area (Å²) in [4.78, 5) is 18.5. The molecule has 3 rings (SSSR count). The van der Waals surface area contributed by atoms with Crippen LogP contribution in [-0.4, -0.2) is 33.4 Å². The highest BCUT2D eigenvalue weighted by Gasteiger charge is 2.15. The van der Waals surface area contributed by atoms with Gasteiger partial charge in [-0.15, -0.1) is 0 Å². The van der Waals surface area contributed by atoms with E-state index in [1.54, 1.807) is 42.4 Å². The fourth-order valence-electron chi connectivity index (χ4n) is 2.62. The molecule has 0 radical (unpaired) electrons. The van der Waals surface area contributed by atoms with Crippen LogP contribution in [0.25, 0.3) is 5.69 Å². The Morgan fingerprint density at radius 3 is 2.65 bits per heavy atom. The smallest absolute Gasteiger partial charge is 0.237 e. The highest BCUT2D eigenvalue weighted by molar-refractivity contribution is 7.99. The van der Waals surface area contributed by atoms with Crippen LogP contribution in [0.2, 0.25) is 0 Å². The minimum Gasteiger partial charge on any atom is -0.508 e. The van der Waals surface area contributed by atoms with Crippen LogP contribution >= 0.6 is 11.8 Å². The predicted molar refractivity (Wildman–Crippen MR) is 105 cm³/mol. The number of amides is 1. The zero-order valence-electron chi connectivity index (χ0n) is 15.0. The lowest BCUT2D eigenvalue weighted by Gasteiger charge is -2.17. The second-order valence-corrected chi connectivity index (χ2v) is 7.00. The van der Waals surface area contributed by atoms with E-state index in [4.69, 9.17) is 0 Å². The summed E-state index contributed by atoms with van der Waals surface area (Å²) in [7, 11) is 1.73. The van der Waals surface area contributed by atoms with Crippen LogP contribution in [0.3, 0.4) is 0 Å². The van der Waals surface area contributed by atoms with Crippen molar-refractivity contribution in [3.8, 4) is 11.4 Å². The lowest BCUT2D eigenvalue weighted by molar-refractivity contribution is -0.115. The summed E-state index contributed by atoms with van der Waals surface area (Å²) < 4.78 is 2.01. The van der Waals surface area contributed by atoms with Gasteiger partial charge in [0.2, 0.25) is 5.91 Å². The molecule has 0 spiro atoms. The zero-order chi connectivity index (χ0) is 18.7. The monoisotopic (exact) mass is 367 g/mol. The van der Waals surface area contributed by atoms with Crippen LogP contribution in [0, 0.1) is 13.8 Å². The largest absolute Gasteiger partial charge is 0.508 e. The topological polar surface area (TPSA) is 58.4 Å². The van der Waals surface area contributed by atoms with Crippen molar-refractivity contribution in [1.29, 1.82) is 0 Å². The van der Waals surface area contributed by atoms with E-state index in [0.717, 1.165) is 16.5 Å². The molecule has 0 unspecified atom stereocenters. The number of rotatable bonds is 5. The lowest BCUT2D eigenvalue weighted by atomic mass is 10.1. The number of phenolic OH excluding ortho intramolecular Hbond substituents is 1. The maximum absolute atomic E-state index is 12.5. The molecule has 26 heavy (non-hydrogen) atoms. The number of carbonyl (C=O) groups is 1. The number of aryl methyl sites for hydroxylation is 1. The average molecular weight is 367 g/mol. The molecule has 0 saturated carbocycles. The van der Waals surface area contributed by atoms with Gasteiger partial charge in [0, 0.05) is 25.1 Å². The number of aromatic hydroxyl groups is 1. The molecular weight excluding hydrogens is 346 g/mol. The standard InChI is InChI=1S/C20H21N3O2S/c1-14-5-4-6-18(15(14)2)23-12-11-21-20(23)26-13-19(25)22(3)16-7-9-17(24)10-8-16/h4-12,24H,13H2,1-3H3. The first kappa shape index (κ1) is 18.1. The van der Waals surface area contributed by atoms with E-state index in [1.807, 2.05) is 16.8 Å². The van der Waals surface area contributed by atoms with Gasteiger partial charge in [0.15, 0.2) is 5.16 Å². The number of carbonyl (C=O) groups excluding carboxylic acids is 1. The van der Waals surface area contributed by atoms with Crippen molar-refractivity contribution >= 4 is 23.4 Å². The molecule has 0 bridgehead atoms. The van der Waals surface area contributed by atoms with Gasteiger partial charge >= 0.3 is 0 Å². The minimum atomic E-state index is -0.0313. The molecule has 5 nitrogen and oxygen atoms in total. The molecule has 1 N–H and O–H groups in total. The van der Waals surface area contributed by atoms with E-state index in [0.29, 0.717) is 0 Å². The summed E-state index contributed by atoms with van der Waals surface area (Å²) >= 11 is 1.41. The van der Waals surface area contributed by atoms with Crippen molar-refractivity contribution in [2.24, 2.45) is 0 Å². The van der Waals surface area contributed by atoms with Crippen molar-refractivity contribution in [1.82, 2.24) is 9.55 Å². The average Bonchev–Trinajstić information content (AvgIpc) is 3.10. The molecule has 0 aliphatic heterocycles. The molecule has 2 aromatic carbocycles. The van der Waals surface area contributed by atoms with Crippen LogP contribution in [0.1, 0.15) is 11.1 Å². The first-order valence-electron chi connectivity index (χ1n) is 8.25. The van der Waals surface area contributed by atoms with E-state index in [-0.39, 0.29) is 17.4 Å². The summed E-state index contributed by atoms with van der Waals surface area (Å²) in [6.45, 7) is 4.17. The number of hydrogen-bond acceptors (Lipinski definition) is 4. The first-order valence-corrected chi connectivity index (χ1v) is 9.24. The number of aromatic nitrogens is 2. The second-order valence-electron chi connectivity index (χ2n) is 6.06. The van der Waals surface area contributed by atoms with E-state index >= 15 is 0 Å². The number of hydrogen-bond donors (Lipinski definition) is 1. The van der Waals surface area contributed by atoms with Crippen molar-refractivity contribution in [2.75, 3.05) is 17.7 Å². The maximum Gasteiger partial charge on any atom is 0.237 e. The van der Waals surface area contributed by atoms with Crippen LogP contribution in [-0.2, 0) is 4.79 Å². The molecule has 6 heteroatoms. The normalized spacial score (nSPS) is 10.7. The van der Waals surface area contributed by atoms with Crippen molar-refractivity contribution in [3.63, 3.8) is 0 Å². The van der Waals surface area contributed by atoms with Gasteiger partial charge in [0.25, 0.3) is 0 Å². The highest BCUT2D eigenvalue weighted by Crippen LogP contribution is 2.25. The predicted octanol–water partition coefficient (Wildman–Crippen LogP) is 3.95. The summed E-state index contributed by atoms with van der Waals surface area (Å²) in [5, 5.41) is 10.2. The third-order valence-electron chi connectivity index (χ3n) is 4.38. The van der Waals surface area contributed by atoms with E-state index in [9.17, 15) is 9.90 Å². The molecule has 1 aromatic heterocycles. The SMILES string of the molecule is Cc1cccc(-n2ccnc2SCC(=O)N(C)c2ccc(O)cc2)c1C. The van der Waals surface area contributed by atoms with Gasteiger partial charge in [-0.2, -0.15) is 0 Å². The highest BCUT2D eigenvalue weighted by atomic mass is 32.2. The number of thioether (sulfide) groups is 1. The molecular formula is C20H21N3O2S. The Kier molecular flexibility index (Phi) is 5.32. The van der Waals surface area contributed by atoms with Gasteiger partial charge in [-0.1, -0.05) is 23.9 Å². The van der Waals surface area contributed by atoms with Gasteiger partial charge in [-0.05, 0) is 55.3 Å². The molecule has 3 aromatic rings. The number of benzene rings is 2. The van der Waals surface area contributed by atoms with Crippen LogP contribution in [0.4, 0.5) is 5.69 Å². The van der Waals surface area contributed by atoms with Gasteiger partial charge in [-0.3, -0.25) is 9.36 Å². The van der Waals surface area contributed by atoms with Crippen LogP contribution in [0.15, 0.2) is 60.0 Å². The summed E-state index contributed by atoms with van der Waals surface area (Å²) in [5.74, 6) is 0.426. The Morgan fingerprint density at radius 2 is 1.92 bits per heavy atom. The number of nitrogens with zero attached hydrogens (tertiary/aromatic N) is 3. The van der Waals surface area contributed by atoms with Gasteiger partial charge in [-0.25, -0.2) is 4.98 Å². The second kappa shape index (κ2) is 7.66. The fourth-order valence-corrected chi connectivity index (χ4v) is 3.50. The van der Waals surface area contributed by atoms with Crippen LogP contribution < -0.4 is 4.90 Å². The van der Waals surface area contributed by atoms with Gasteiger partial charge in [0.1, 0.15) is 5.75 Å². The van der Waals surface area contributed by atoms with Crippen molar-refractivity contribution in [2.45, 2.75) is 19.0 Å². The molecule has 0 aliphatic carbocycles. The molecule has 134 valence electrons. The van der Waals surface area contributed by atoms with Crippen LogP contribution in [0.5, 0.6) is 5.75 Å². The number of imidazole rings is 1. The molecule has 0 saturated heterocycles. The Hall–Kier alpha value is -2.73. The van der Waals surface area contributed by atoms with Gasteiger partial charge < -0.3 is 10.0 Å². The van der Waals surface area contributed by atoms with Crippen molar-refractivity contribution in [3.05, 3.63) is 66.0 Å². The number of anilines is 1. The quantitative estimate of drug-likeness (QED) is 0.694. The molecule has 0 fully saturated rings. The Morgan fingerprint density at radius 1 is 1.19 bits per heavy atom.